The topological polar surface area (TPSA) is 8.17 Å². The van der Waals surface area contributed by atoms with E-state index in [-0.39, 0.29) is 5.41 Å². The second-order valence-electron chi connectivity index (χ2n) is 21.2. The van der Waals surface area contributed by atoms with Crippen molar-refractivity contribution < 1.29 is 0 Å². The minimum Gasteiger partial charge on any atom is -0.309 e. The van der Waals surface area contributed by atoms with Crippen molar-refractivity contribution in [2.45, 2.75) is 19.3 Å². The van der Waals surface area contributed by atoms with Gasteiger partial charge in [-0.2, -0.15) is 0 Å². The second kappa shape index (κ2) is 17.7. The van der Waals surface area contributed by atoms with E-state index in [1.807, 2.05) is 0 Å². The van der Waals surface area contributed by atoms with Crippen LogP contribution in [0, 0.1) is 0 Å². The normalized spacial score (nSPS) is 12.6. The van der Waals surface area contributed by atoms with Crippen molar-refractivity contribution in [3.8, 4) is 94.7 Å². The Morgan fingerprint density at radius 3 is 1.51 bits per heavy atom. The summed E-state index contributed by atoms with van der Waals surface area (Å²) < 4.78 is 2.55. The largest absolute Gasteiger partial charge is 0.309 e. The van der Waals surface area contributed by atoms with E-state index < -0.39 is 0 Å². The highest BCUT2D eigenvalue weighted by molar-refractivity contribution is 6.20. The van der Waals surface area contributed by atoms with Gasteiger partial charge in [0, 0.05) is 44.1 Å². The number of aromatic nitrogens is 1. The van der Waals surface area contributed by atoms with Gasteiger partial charge in [0.1, 0.15) is 0 Å². The molecule has 1 aromatic heterocycles. The Morgan fingerprint density at radius 1 is 0.312 bits per heavy atom. The molecule has 0 amide bonds. The maximum Gasteiger partial charge on any atom is 0.0623 e. The number of para-hydroxylation sites is 3. The molecular weight excluding hydrogens is 929 g/mol. The Labute approximate surface area is 450 Å². The highest BCUT2D eigenvalue weighted by Crippen LogP contribution is 2.61. The van der Waals surface area contributed by atoms with Gasteiger partial charge in [0.2, 0.25) is 0 Å². The van der Waals surface area contributed by atoms with Gasteiger partial charge < -0.3 is 9.47 Å². The van der Waals surface area contributed by atoms with E-state index in [4.69, 9.17) is 0 Å². The van der Waals surface area contributed by atoms with Crippen LogP contribution >= 0.6 is 0 Å². The van der Waals surface area contributed by atoms with Crippen molar-refractivity contribution in [1.82, 2.24) is 4.57 Å². The zero-order valence-electron chi connectivity index (χ0n) is 43.0. The molecule has 13 aromatic rings. The minimum absolute atomic E-state index is 0.249. The summed E-state index contributed by atoms with van der Waals surface area (Å²) in [5.41, 5.74) is 28.9. The summed E-state index contributed by atoms with van der Waals surface area (Å²) in [5.74, 6) is 0. The summed E-state index contributed by atoms with van der Waals surface area (Å²) >= 11 is 0. The molecule has 2 heteroatoms. The van der Waals surface area contributed by atoms with Gasteiger partial charge >= 0.3 is 0 Å². The molecule has 77 heavy (non-hydrogen) atoms. The van der Waals surface area contributed by atoms with Crippen molar-refractivity contribution in [3.63, 3.8) is 0 Å². The fourth-order valence-corrected chi connectivity index (χ4v) is 13.1. The van der Waals surface area contributed by atoms with Gasteiger partial charge in [0.25, 0.3) is 0 Å². The van der Waals surface area contributed by atoms with Gasteiger partial charge in [-0.3, -0.25) is 0 Å². The van der Waals surface area contributed by atoms with E-state index in [9.17, 15) is 0 Å². The van der Waals surface area contributed by atoms with Crippen molar-refractivity contribution in [1.29, 1.82) is 0 Å². The van der Waals surface area contributed by atoms with E-state index in [0.29, 0.717) is 0 Å². The fraction of sp³-hybridized carbons (Fsp3) is 0.0400. The SMILES string of the molecule is CC1(C)c2cccc3c2-c2c1c(-c1ccc(-c4ccccc4N(c4cc(-c5ccccc5)cc(-c5ccccc5)c4)c4cccc(-c5ccccc5)c4-c4ccccc4)cc1)cc1c4ccccc4n(c21)-c1ccccc1-3. The summed E-state index contributed by atoms with van der Waals surface area (Å²) in [5, 5.41) is 2.56. The van der Waals surface area contributed by atoms with E-state index in [0.717, 1.165) is 44.9 Å². The first-order chi connectivity index (χ1) is 38.0. The lowest BCUT2D eigenvalue weighted by atomic mass is 9.78. The quantitative estimate of drug-likeness (QED) is 0.140. The van der Waals surface area contributed by atoms with Crippen molar-refractivity contribution >= 4 is 38.9 Å². The number of anilines is 3. The zero-order valence-corrected chi connectivity index (χ0v) is 43.0. The number of fused-ring (bicyclic) bond motifs is 6. The molecule has 0 atom stereocenters. The number of hydrogen-bond acceptors (Lipinski definition) is 1. The predicted octanol–water partition coefficient (Wildman–Crippen LogP) is 20.5. The van der Waals surface area contributed by atoms with Crippen LogP contribution in [0.1, 0.15) is 25.0 Å². The molecule has 0 bridgehead atoms. The minimum atomic E-state index is -0.249. The van der Waals surface area contributed by atoms with Crippen LogP contribution in [0.2, 0.25) is 0 Å². The van der Waals surface area contributed by atoms with Crippen LogP contribution in [0.25, 0.3) is 117 Å². The molecule has 0 saturated carbocycles. The van der Waals surface area contributed by atoms with Gasteiger partial charge in [0.15, 0.2) is 0 Å². The number of hydrogen-bond donors (Lipinski definition) is 0. The van der Waals surface area contributed by atoms with E-state index in [1.165, 1.54) is 99.8 Å². The van der Waals surface area contributed by atoms with Crippen LogP contribution in [-0.2, 0) is 5.41 Å². The van der Waals surface area contributed by atoms with E-state index >= 15 is 0 Å². The molecule has 0 spiro atoms. The molecular formula is C75H52N2. The van der Waals surface area contributed by atoms with Crippen LogP contribution in [0.4, 0.5) is 17.1 Å². The first kappa shape index (κ1) is 44.7. The highest BCUT2D eigenvalue weighted by Gasteiger charge is 2.43. The summed E-state index contributed by atoms with van der Waals surface area (Å²) in [6.07, 6.45) is 0. The average molecular weight is 981 g/mol. The molecule has 1 aliphatic heterocycles. The Kier molecular flexibility index (Phi) is 10.3. The van der Waals surface area contributed by atoms with Gasteiger partial charge in [-0.15, -0.1) is 0 Å². The molecule has 1 aliphatic carbocycles. The van der Waals surface area contributed by atoms with E-state index in [2.05, 4.69) is 302 Å². The third-order valence-corrected chi connectivity index (χ3v) is 16.5. The second-order valence-corrected chi connectivity index (χ2v) is 21.2. The fourth-order valence-electron chi connectivity index (χ4n) is 13.1. The van der Waals surface area contributed by atoms with Gasteiger partial charge in [-0.25, -0.2) is 0 Å². The van der Waals surface area contributed by atoms with Gasteiger partial charge in [-0.05, 0) is 126 Å². The van der Waals surface area contributed by atoms with Crippen LogP contribution in [0.5, 0.6) is 0 Å². The molecule has 12 aromatic carbocycles. The molecule has 2 aliphatic rings. The maximum absolute atomic E-state index is 2.55. The Bertz CT molecular complexity index is 4380. The van der Waals surface area contributed by atoms with E-state index in [1.54, 1.807) is 0 Å². The lowest BCUT2D eigenvalue weighted by Gasteiger charge is -2.32. The summed E-state index contributed by atoms with van der Waals surface area (Å²) in [6, 6.07) is 103. The van der Waals surface area contributed by atoms with Crippen LogP contribution < -0.4 is 4.90 Å². The first-order valence-corrected chi connectivity index (χ1v) is 26.8. The summed E-state index contributed by atoms with van der Waals surface area (Å²) in [4.78, 5) is 2.52. The monoisotopic (exact) mass is 980 g/mol. The van der Waals surface area contributed by atoms with Gasteiger partial charge in [-0.1, -0.05) is 244 Å². The lowest BCUT2D eigenvalue weighted by Crippen LogP contribution is -2.16. The highest BCUT2D eigenvalue weighted by atomic mass is 15.1. The molecule has 0 fully saturated rings. The maximum atomic E-state index is 2.55. The van der Waals surface area contributed by atoms with Crippen molar-refractivity contribution in [2.75, 3.05) is 4.90 Å². The standard InChI is InChI=1S/C75H52N2/c1-75(2)65-36-21-35-62-60-32-16-19-38-67(60)77-68-39-20-17-33-61(68)64-48-63(73(75)72(71(62)65)74(64)77)53-43-41-52(42-44-53)58-31-15-18-37-66(58)76(57-46-55(49-23-7-3-8-24-49)45-56(47-57)50-25-9-4-10-26-50)69-40-22-34-59(51-27-11-5-12-28-51)70(69)54-29-13-6-14-30-54/h3-48H,1-2H3. The zero-order chi connectivity index (χ0) is 51.2. The molecule has 362 valence electrons. The molecule has 0 saturated heterocycles. The average Bonchev–Trinajstić information content (AvgIpc) is 4.16. The summed E-state index contributed by atoms with van der Waals surface area (Å²) in [7, 11) is 0. The Balaban J connectivity index is 0.959. The molecule has 0 radical (unpaired) electrons. The van der Waals surface area contributed by atoms with Crippen molar-refractivity contribution in [2.24, 2.45) is 0 Å². The van der Waals surface area contributed by atoms with Crippen molar-refractivity contribution in [3.05, 3.63) is 290 Å². The molecule has 0 unspecified atom stereocenters. The third-order valence-electron chi connectivity index (χ3n) is 16.5. The van der Waals surface area contributed by atoms with Crippen LogP contribution in [0.15, 0.2) is 279 Å². The number of nitrogens with zero attached hydrogens (tertiary/aromatic N) is 2. The first-order valence-electron chi connectivity index (χ1n) is 26.8. The number of benzene rings is 12. The number of rotatable bonds is 9. The summed E-state index contributed by atoms with van der Waals surface area (Å²) in [6.45, 7) is 4.87. The third kappa shape index (κ3) is 7.03. The predicted molar refractivity (Wildman–Crippen MR) is 325 cm³/mol. The Morgan fingerprint density at radius 2 is 0.818 bits per heavy atom. The molecule has 0 N–H and O–H groups in total. The van der Waals surface area contributed by atoms with Crippen LogP contribution in [0.3, 0.4) is 0 Å². The molecule has 2 heterocycles. The van der Waals surface area contributed by atoms with Gasteiger partial charge in [0.05, 0.1) is 28.1 Å². The lowest BCUT2D eigenvalue weighted by molar-refractivity contribution is 0.662. The molecule has 15 rings (SSSR count). The Hall–Kier alpha value is -9.76. The van der Waals surface area contributed by atoms with Crippen LogP contribution in [-0.4, -0.2) is 4.57 Å². The smallest absolute Gasteiger partial charge is 0.0623 e. The molecule has 2 nitrogen and oxygen atoms in total.